The van der Waals surface area contributed by atoms with Gasteiger partial charge in [0.1, 0.15) is 5.75 Å². The van der Waals surface area contributed by atoms with E-state index in [-0.39, 0.29) is 11.6 Å². The lowest BCUT2D eigenvalue weighted by Crippen LogP contribution is -2.15. The molecule has 0 fully saturated rings. The van der Waals surface area contributed by atoms with Gasteiger partial charge in [0.15, 0.2) is 5.69 Å². The molecule has 0 spiro atoms. The first kappa shape index (κ1) is 18.1. The molecule has 0 saturated heterocycles. The first-order chi connectivity index (χ1) is 13.0. The molecule has 2 N–H and O–H groups in total. The van der Waals surface area contributed by atoms with E-state index in [4.69, 9.17) is 4.74 Å². The molecule has 27 heavy (non-hydrogen) atoms. The Hall–Kier alpha value is -3.68. The molecule has 0 atom stereocenters. The lowest BCUT2D eigenvalue weighted by Gasteiger charge is -2.11. The van der Waals surface area contributed by atoms with Crippen LogP contribution >= 0.6 is 0 Å². The fourth-order valence-electron chi connectivity index (χ4n) is 2.53. The van der Waals surface area contributed by atoms with Gasteiger partial charge in [-0.1, -0.05) is 18.2 Å². The number of ether oxygens (including phenoxy) is 1. The predicted octanol–water partition coefficient (Wildman–Crippen LogP) is 2.80. The molecule has 0 unspecified atom stereocenters. The summed E-state index contributed by atoms with van der Waals surface area (Å²) in [6, 6.07) is 14.3. The molecule has 3 rings (SSSR count). The molecule has 0 bridgehead atoms. The summed E-state index contributed by atoms with van der Waals surface area (Å²) in [5.74, 6) is -0.138. The molecular weight excluding hydrogens is 346 g/mol. The third kappa shape index (κ3) is 4.12. The molecule has 8 heteroatoms. The average molecular weight is 365 g/mol. The number of hydrogen-bond donors (Lipinski definition) is 2. The molecule has 0 saturated carbocycles. The van der Waals surface area contributed by atoms with Gasteiger partial charge < -0.3 is 15.4 Å². The van der Waals surface area contributed by atoms with E-state index in [9.17, 15) is 9.59 Å². The Morgan fingerprint density at radius 2 is 1.78 bits per heavy atom. The number of para-hydroxylation sites is 1. The molecular formula is C19H19N5O3. The topological polar surface area (TPSA) is 98.1 Å². The van der Waals surface area contributed by atoms with Gasteiger partial charge in [-0.3, -0.25) is 9.59 Å². The van der Waals surface area contributed by atoms with E-state index in [1.807, 2.05) is 30.3 Å². The maximum absolute atomic E-state index is 12.6. The number of rotatable bonds is 5. The van der Waals surface area contributed by atoms with E-state index in [2.05, 4.69) is 20.8 Å². The van der Waals surface area contributed by atoms with Crippen LogP contribution in [0.5, 0.6) is 5.75 Å². The monoisotopic (exact) mass is 365 g/mol. The summed E-state index contributed by atoms with van der Waals surface area (Å²) in [6.45, 7) is 3.12. The van der Waals surface area contributed by atoms with Gasteiger partial charge in [-0.05, 0) is 37.3 Å². The number of aryl methyl sites for hydroxylation is 1. The van der Waals surface area contributed by atoms with Crippen LogP contribution in [0.3, 0.4) is 0 Å². The number of anilines is 2. The lowest BCUT2D eigenvalue weighted by atomic mass is 10.2. The zero-order chi connectivity index (χ0) is 19.4. The van der Waals surface area contributed by atoms with Gasteiger partial charge in [-0.25, -0.2) is 0 Å². The number of nitrogens with zero attached hydrogens (tertiary/aromatic N) is 3. The quantitative estimate of drug-likeness (QED) is 0.724. The second kappa shape index (κ2) is 7.69. The lowest BCUT2D eigenvalue weighted by molar-refractivity contribution is -0.114. The highest BCUT2D eigenvalue weighted by Crippen LogP contribution is 2.28. The van der Waals surface area contributed by atoms with Crippen LogP contribution in [0.4, 0.5) is 11.4 Å². The summed E-state index contributed by atoms with van der Waals surface area (Å²) in [5.41, 5.74) is 2.45. The molecule has 0 aliphatic rings. The fourth-order valence-corrected chi connectivity index (χ4v) is 2.53. The third-order valence-electron chi connectivity index (χ3n) is 3.75. The van der Waals surface area contributed by atoms with E-state index >= 15 is 0 Å². The molecule has 1 aromatic heterocycles. The maximum atomic E-state index is 12.6. The van der Waals surface area contributed by atoms with Gasteiger partial charge in [0, 0.05) is 12.6 Å². The first-order valence-corrected chi connectivity index (χ1v) is 8.24. The Balaban J connectivity index is 1.83. The van der Waals surface area contributed by atoms with E-state index in [0.717, 1.165) is 5.69 Å². The van der Waals surface area contributed by atoms with Crippen LogP contribution in [0.25, 0.3) is 5.69 Å². The van der Waals surface area contributed by atoms with Crippen molar-refractivity contribution in [3.05, 3.63) is 59.9 Å². The van der Waals surface area contributed by atoms with Crippen LogP contribution in [0.1, 0.15) is 23.1 Å². The van der Waals surface area contributed by atoms with Crippen LogP contribution in [0.2, 0.25) is 0 Å². The zero-order valence-corrected chi connectivity index (χ0v) is 15.2. The van der Waals surface area contributed by atoms with Gasteiger partial charge >= 0.3 is 0 Å². The molecule has 0 aliphatic heterocycles. The molecule has 1 heterocycles. The summed E-state index contributed by atoms with van der Waals surface area (Å²) < 4.78 is 5.21. The van der Waals surface area contributed by atoms with Gasteiger partial charge in [0.2, 0.25) is 5.91 Å². The molecule has 0 aliphatic carbocycles. The smallest absolute Gasteiger partial charge is 0.278 e. The van der Waals surface area contributed by atoms with Gasteiger partial charge in [0.25, 0.3) is 5.91 Å². The van der Waals surface area contributed by atoms with E-state index < -0.39 is 5.91 Å². The van der Waals surface area contributed by atoms with E-state index in [1.54, 1.807) is 25.1 Å². The van der Waals surface area contributed by atoms with Crippen LogP contribution < -0.4 is 15.4 Å². The van der Waals surface area contributed by atoms with Crippen molar-refractivity contribution in [3.63, 3.8) is 0 Å². The third-order valence-corrected chi connectivity index (χ3v) is 3.75. The molecule has 8 nitrogen and oxygen atoms in total. The number of nitrogens with one attached hydrogen (secondary N) is 2. The van der Waals surface area contributed by atoms with Crippen LogP contribution in [-0.4, -0.2) is 33.9 Å². The fraction of sp³-hybridized carbons (Fsp3) is 0.158. The minimum Gasteiger partial charge on any atom is -0.495 e. The van der Waals surface area contributed by atoms with Crippen molar-refractivity contribution in [3.8, 4) is 11.4 Å². The summed E-state index contributed by atoms with van der Waals surface area (Å²) >= 11 is 0. The molecule has 138 valence electrons. The normalized spacial score (nSPS) is 10.3. The summed E-state index contributed by atoms with van der Waals surface area (Å²) in [6.07, 6.45) is 0. The van der Waals surface area contributed by atoms with E-state index in [0.29, 0.717) is 22.8 Å². The Morgan fingerprint density at radius 1 is 1.04 bits per heavy atom. The summed E-state index contributed by atoms with van der Waals surface area (Å²) in [7, 11) is 1.50. The van der Waals surface area contributed by atoms with Gasteiger partial charge in [0.05, 0.1) is 24.2 Å². The second-order valence-electron chi connectivity index (χ2n) is 5.81. The molecule has 0 radical (unpaired) electrons. The number of carbonyl (C=O) groups excluding carboxylic acids is 2. The Bertz CT molecular complexity index is 982. The minimum atomic E-state index is -0.395. The van der Waals surface area contributed by atoms with Crippen LogP contribution in [-0.2, 0) is 4.79 Å². The average Bonchev–Trinajstić information content (AvgIpc) is 3.04. The van der Waals surface area contributed by atoms with Crippen molar-refractivity contribution in [2.45, 2.75) is 13.8 Å². The zero-order valence-electron chi connectivity index (χ0n) is 15.2. The highest BCUT2D eigenvalue weighted by molar-refractivity contribution is 6.04. The van der Waals surface area contributed by atoms with Gasteiger partial charge in [-0.15, -0.1) is 5.10 Å². The van der Waals surface area contributed by atoms with Crippen molar-refractivity contribution < 1.29 is 14.3 Å². The van der Waals surface area contributed by atoms with Crippen LogP contribution in [0.15, 0.2) is 48.5 Å². The predicted molar refractivity (Wildman–Crippen MR) is 101 cm³/mol. The summed E-state index contributed by atoms with van der Waals surface area (Å²) in [4.78, 5) is 25.4. The number of carbonyl (C=O) groups is 2. The Kier molecular flexibility index (Phi) is 5.16. The van der Waals surface area contributed by atoms with Crippen molar-refractivity contribution in [1.82, 2.24) is 15.0 Å². The van der Waals surface area contributed by atoms with Crippen LogP contribution in [0, 0.1) is 6.92 Å². The number of aromatic nitrogens is 3. The van der Waals surface area contributed by atoms with Crippen molar-refractivity contribution in [1.29, 1.82) is 0 Å². The van der Waals surface area contributed by atoms with Gasteiger partial charge in [-0.2, -0.15) is 9.90 Å². The van der Waals surface area contributed by atoms with E-state index in [1.165, 1.54) is 18.8 Å². The Labute approximate surface area is 156 Å². The maximum Gasteiger partial charge on any atom is 0.278 e. The molecule has 2 amide bonds. The number of hydrogen-bond acceptors (Lipinski definition) is 5. The van der Waals surface area contributed by atoms with Crippen molar-refractivity contribution in [2.75, 3.05) is 17.7 Å². The minimum absolute atomic E-state index is 0.218. The molecule has 2 aromatic carbocycles. The second-order valence-corrected chi connectivity index (χ2v) is 5.81. The highest BCUT2D eigenvalue weighted by Gasteiger charge is 2.17. The highest BCUT2D eigenvalue weighted by atomic mass is 16.5. The SMILES string of the molecule is COc1ccc(NC(=O)c2nn(-c3ccccc3)nc2C)cc1NC(C)=O. The summed E-state index contributed by atoms with van der Waals surface area (Å²) in [5, 5.41) is 14.0. The van der Waals surface area contributed by atoms with Crippen molar-refractivity contribution in [2.24, 2.45) is 0 Å². The molecule has 3 aromatic rings. The number of benzene rings is 2. The Morgan fingerprint density at radius 3 is 2.44 bits per heavy atom. The standard InChI is InChI=1S/C19H19N5O3/c1-12-18(23-24(22-12)15-7-5-4-6-8-15)19(26)21-14-9-10-17(27-3)16(11-14)20-13(2)25/h4-11H,1-3H3,(H,20,25)(H,21,26). The first-order valence-electron chi connectivity index (χ1n) is 8.24. The van der Waals surface area contributed by atoms with Crippen molar-refractivity contribution >= 4 is 23.2 Å². The number of methoxy groups -OCH3 is 1. The largest absolute Gasteiger partial charge is 0.495 e. The number of amides is 2.